The summed E-state index contributed by atoms with van der Waals surface area (Å²) in [6.07, 6.45) is 0. The Bertz CT molecular complexity index is 759. The lowest BCUT2D eigenvalue weighted by molar-refractivity contribution is -0.119. The molecule has 0 atom stereocenters. The van der Waals surface area contributed by atoms with Crippen molar-refractivity contribution in [3.05, 3.63) is 58.1 Å². The van der Waals surface area contributed by atoms with Gasteiger partial charge in [-0.05, 0) is 49.2 Å². The zero-order valence-corrected chi connectivity index (χ0v) is 13.6. The van der Waals surface area contributed by atoms with Crippen LogP contribution >= 0.6 is 11.6 Å². The number of benzene rings is 2. The topological polar surface area (TPSA) is 81.4 Å². The molecule has 0 heterocycles. The summed E-state index contributed by atoms with van der Waals surface area (Å²) in [5.74, 6) is -1.09. The molecule has 0 aromatic heterocycles. The summed E-state index contributed by atoms with van der Waals surface area (Å²) in [5.41, 5.74) is 8.81. The number of ether oxygens (including phenoxy) is 1. The van der Waals surface area contributed by atoms with Gasteiger partial charge in [0.1, 0.15) is 0 Å². The molecule has 0 fully saturated rings. The van der Waals surface area contributed by atoms with Gasteiger partial charge in [-0.3, -0.25) is 4.79 Å². The number of esters is 1. The van der Waals surface area contributed by atoms with Gasteiger partial charge < -0.3 is 15.8 Å². The summed E-state index contributed by atoms with van der Waals surface area (Å²) < 4.78 is 4.98. The number of halogens is 1. The molecule has 0 aliphatic heterocycles. The van der Waals surface area contributed by atoms with Crippen LogP contribution in [0.3, 0.4) is 0 Å². The Morgan fingerprint density at radius 1 is 1.22 bits per heavy atom. The first-order valence-corrected chi connectivity index (χ1v) is 7.34. The fourth-order valence-corrected chi connectivity index (χ4v) is 2.18. The number of amides is 1. The predicted octanol–water partition coefficient (Wildman–Crippen LogP) is 3.33. The van der Waals surface area contributed by atoms with E-state index in [2.05, 4.69) is 5.32 Å². The Morgan fingerprint density at radius 3 is 2.65 bits per heavy atom. The lowest BCUT2D eigenvalue weighted by atomic mass is 10.1. The molecule has 2 rings (SSSR count). The molecule has 0 aliphatic carbocycles. The molecule has 0 radical (unpaired) electrons. The summed E-state index contributed by atoms with van der Waals surface area (Å²) in [6.45, 7) is 3.47. The lowest BCUT2D eigenvalue weighted by Gasteiger charge is -2.11. The van der Waals surface area contributed by atoms with Gasteiger partial charge in [0.25, 0.3) is 5.91 Å². The summed E-state index contributed by atoms with van der Waals surface area (Å²) in [6, 6.07) is 10.0. The minimum Gasteiger partial charge on any atom is -0.452 e. The van der Waals surface area contributed by atoms with Crippen LogP contribution in [0, 0.1) is 13.8 Å². The van der Waals surface area contributed by atoms with Crippen LogP contribution in [-0.4, -0.2) is 18.5 Å². The smallest absolute Gasteiger partial charge is 0.340 e. The van der Waals surface area contributed by atoms with Gasteiger partial charge in [0, 0.05) is 16.4 Å². The molecule has 0 bridgehead atoms. The Balaban J connectivity index is 1.96. The van der Waals surface area contributed by atoms with Crippen LogP contribution in [0.2, 0.25) is 5.02 Å². The van der Waals surface area contributed by atoms with Crippen molar-refractivity contribution in [2.45, 2.75) is 13.8 Å². The van der Waals surface area contributed by atoms with E-state index < -0.39 is 18.5 Å². The van der Waals surface area contributed by atoms with Gasteiger partial charge in [0.2, 0.25) is 0 Å². The highest BCUT2D eigenvalue weighted by atomic mass is 35.5. The maximum Gasteiger partial charge on any atom is 0.340 e. The third-order valence-corrected chi connectivity index (χ3v) is 3.68. The van der Waals surface area contributed by atoms with Gasteiger partial charge in [0.05, 0.1) is 5.56 Å². The maximum atomic E-state index is 11.9. The van der Waals surface area contributed by atoms with Gasteiger partial charge in [0.15, 0.2) is 6.61 Å². The quantitative estimate of drug-likeness (QED) is 0.664. The largest absolute Gasteiger partial charge is 0.452 e. The molecule has 0 saturated carbocycles. The van der Waals surface area contributed by atoms with Gasteiger partial charge in [-0.2, -0.15) is 0 Å². The second kappa shape index (κ2) is 7.15. The third kappa shape index (κ3) is 4.23. The summed E-state index contributed by atoms with van der Waals surface area (Å²) in [5, 5.41) is 3.14. The van der Waals surface area contributed by atoms with Crippen molar-refractivity contribution in [2.24, 2.45) is 0 Å². The second-order valence-corrected chi connectivity index (χ2v) is 5.54. The Morgan fingerprint density at radius 2 is 1.96 bits per heavy atom. The fourth-order valence-electron chi connectivity index (χ4n) is 2.00. The highest BCUT2D eigenvalue weighted by Gasteiger charge is 2.14. The molecular weight excluding hydrogens is 316 g/mol. The highest BCUT2D eigenvalue weighted by molar-refractivity contribution is 6.31. The Labute approximate surface area is 139 Å². The molecule has 6 heteroatoms. The van der Waals surface area contributed by atoms with Crippen molar-refractivity contribution in [3.63, 3.8) is 0 Å². The summed E-state index contributed by atoms with van der Waals surface area (Å²) in [7, 11) is 0. The highest BCUT2D eigenvalue weighted by Crippen LogP contribution is 2.19. The van der Waals surface area contributed by atoms with Crippen LogP contribution in [0.15, 0.2) is 36.4 Å². The van der Waals surface area contributed by atoms with Gasteiger partial charge in [-0.15, -0.1) is 0 Å². The number of nitrogen functional groups attached to an aromatic ring is 1. The number of hydrogen-bond donors (Lipinski definition) is 2. The first kappa shape index (κ1) is 16.8. The number of anilines is 2. The van der Waals surface area contributed by atoms with Crippen LogP contribution in [0.5, 0.6) is 0 Å². The zero-order chi connectivity index (χ0) is 17.0. The van der Waals surface area contributed by atoms with E-state index in [1.165, 1.54) is 18.2 Å². The van der Waals surface area contributed by atoms with E-state index in [9.17, 15) is 9.59 Å². The molecule has 0 spiro atoms. The molecule has 5 nitrogen and oxygen atoms in total. The molecule has 2 aromatic rings. The summed E-state index contributed by atoms with van der Waals surface area (Å²) >= 11 is 5.77. The number of aryl methyl sites for hydroxylation is 1. The van der Waals surface area contributed by atoms with Crippen molar-refractivity contribution < 1.29 is 14.3 Å². The van der Waals surface area contributed by atoms with Crippen molar-refractivity contribution in [1.29, 1.82) is 0 Å². The fraction of sp³-hybridized carbons (Fsp3) is 0.176. The van der Waals surface area contributed by atoms with E-state index in [4.69, 9.17) is 22.1 Å². The van der Waals surface area contributed by atoms with Crippen LogP contribution in [-0.2, 0) is 9.53 Å². The van der Waals surface area contributed by atoms with Crippen molar-refractivity contribution in [3.8, 4) is 0 Å². The van der Waals surface area contributed by atoms with Crippen molar-refractivity contribution in [1.82, 2.24) is 0 Å². The maximum absolute atomic E-state index is 11.9. The number of hydrogen-bond acceptors (Lipinski definition) is 4. The van der Waals surface area contributed by atoms with E-state index in [1.54, 1.807) is 6.07 Å². The summed E-state index contributed by atoms with van der Waals surface area (Å²) in [4.78, 5) is 23.8. The Hall–Kier alpha value is -2.53. The average molecular weight is 333 g/mol. The van der Waals surface area contributed by atoms with E-state index in [-0.39, 0.29) is 11.3 Å². The van der Waals surface area contributed by atoms with E-state index in [0.717, 1.165) is 11.1 Å². The number of nitrogens with two attached hydrogens (primary N) is 1. The molecule has 0 aliphatic rings. The molecule has 1 amide bonds. The third-order valence-electron chi connectivity index (χ3n) is 3.45. The minimum atomic E-state index is -0.671. The van der Waals surface area contributed by atoms with Crippen LogP contribution in [0.4, 0.5) is 11.4 Å². The number of carbonyl (C=O) groups excluding carboxylic acids is 2. The lowest BCUT2D eigenvalue weighted by Crippen LogP contribution is -2.21. The van der Waals surface area contributed by atoms with Gasteiger partial charge >= 0.3 is 5.97 Å². The molecule has 120 valence electrons. The predicted molar refractivity (Wildman–Crippen MR) is 90.7 cm³/mol. The second-order valence-electron chi connectivity index (χ2n) is 5.10. The average Bonchev–Trinajstić information content (AvgIpc) is 2.49. The van der Waals surface area contributed by atoms with Gasteiger partial charge in [-0.1, -0.05) is 23.7 Å². The minimum absolute atomic E-state index is 0.175. The molecule has 0 saturated heterocycles. The van der Waals surface area contributed by atoms with E-state index >= 15 is 0 Å². The molecule has 2 aromatic carbocycles. The molecule has 3 N–H and O–H groups in total. The van der Waals surface area contributed by atoms with E-state index in [0.29, 0.717) is 10.7 Å². The number of nitrogens with one attached hydrogen (secondary N) is 1. The van der Waals surface area contributed by atoms with Gasteiger partial charge in [-0.25, -0.2) is 4.79 Å². The molecular formula is C17H17ClN2O3. The van der Waals surface area contributed by atoms with E-state index in [1.807, 2.05) is 26.0 Å². The Kier molecular flexibility index (Phi) is 5.24. The zero-order valence-electron chi connectivity index (χ0n) is 12.9. The first-order chi connectivity index (χ1) is 10.9. The first-order valence-electron chi connectivity index (χ1n) is 6.96. The number of rotatable bonds is 4. The SMILES string of the molecule is Cc1cccc(NC(=O)COC(=O)c2ccc(Cl)cc2N)c1C. The van der Waals surface area contributed by atoms with Crippen molar-refractivity contribution >= 4 is 34.9 Å². The standard InChI is InChI=1S/C17H17ClN2O3/c1-10-4-3-5-15(11(10)2)20-16(21)9-23-17(22)13-7-6-12(18)8-14(13)19/h3-8H,9,19H2,1-2H3,(H,20,21). The molecule has 0 unspecified atom stereocenters. The molecule has 23 heavy (non-hydrogen) atoms. The normalized spacial score (nSPS) is 10.2. The van der Waals surface area contributed by atoms with Crippen LogP contribution in [0.1, 0.15) is 21.5 Å². The van der Waals surface area contributed by atoms with Crippen molar-refractivity contribution in [2.75, 3.05) is 17.7 Å². The van der Waals surface area contributed by atoms with Crippen LogP contribution < -0.4 is 11.1 Å². The number of carbonyl (C=O) groups is 2. The van der Waals surface area contributed by atoms with Crippen LogP contribution in [0.25, 0.3) is 0 Å². The monoisotopic (exact) mass is 332 g/mol.